The van der Waals surface area contributed by atoms with Crippen molar-refractivity contribution < 1.29 is 19.7 Å². The molecule has 1 heterocycles. The van der Waals surface area contributed by atoms with Gasteiger partial charge in [-0.2, -0.15) is 0 Å². The van der Waals surface area contributed by atoms with E-state index < -0.39 is 5.60 Å². The fourth-order valence-corrected chi connectivity index (χ4v) is 5.53. The van der Waals surface area contributed by atoms with Crippen molar-refractivity contribution in [1.29, 1.82) is 0 Å². The number of hydrogen-bond donors (Lipinski definition) is 2. The van der Waals surface area contributed by atoms with E-state index in [1.165, 1.54) is 5.57 Å². The van der Waals surface area contributed by atoms with Gasteiger partial charge < -0.3 is 19.8 Å². The van der Waals surface area contributed by atoms with Gasteiger partial charge in [-0.25, -0.2) is 0 Å². The van der Waals surface area contributed by atoms with Crippen LogP contribution in [0.3, 0.4) is 0 Å². The second-order valence-electron chi connectivity index (χ2n) is 10.2. The molecule has 0 aromatic heterocycles. The van der Waals surface area contributed by atoms with Crippen molar-refractivity contribution in [1.82, 2.24) is 4.90 Å². The van der Waals surface area contributed by atoms with Gasteiger partial charge in [0, 0.05) is 25.4 Å². The third kappa shape index (κ3) is 7.16. The zero-order valence-electron chi connectivity index (χ0n) is 19.6. The molecule has 0 aromatic carbocycles. The number of aliphatic hydroxyl groups is 2. The number of allylic oxidation sites excluding steroid dienone is 2. The highest BCUT2D eigenvalue weighted by Crippen LogP contribution is 2.48. The first-order valence-corrected chi connectivity index (χ1v) is 12.5. The highest BCUT2D eigenvalue weighted by atomic mass is 16.5. The molecule has 2 N–H and O–H groups in total. The Labute approximate surface area is 188 Å². The zero-order valence-corrected chi connectivity index (χ0v) is 19.6. The summed E-state index contributed by atoms with van der Waals surface area (Å²) < 4.78 is 5.32. The lowest BCUT2D eigenvalue weighted by Gasteiger charge is -2.26. The van der Waals surface area contributed by atoms with Crippen molar-refractivity contribution in [2.45, 2.75) is 89.8 Å². The standard InChI is InChI=1S/C26H43NO4/c1-3-4-11-26(2,30)12-7-9-22-23-18-20(17-21(23)19-24(22)28)8-5-6-10-25(29)27-13-15-31-16-14-27/h7,9,17,21-24,28,30H,3-6,8,10-16,18-19H2,1-2H3/b9-7+/t21-,22+,23-,24+,26-/m0/s1. The number of morpholine rings is 1. The fourth-order valence-electron chi connectivity index (χ4n) is 5.53. The molecule has 0 unspecified atom stereocenters. The maximum absolute atomic E-state index is 12.3. The molecular formula is C26H43NO4. The van der Waals surface area contributed by atoms with Gasteiger partial charge in [-0.3, -0.25) is 4.79 Å². The predicted octanol–water partition coefficient (Wildman–Crippen LogP) is 4.24. The van der Waals surface area contributed by atoms with Crippen LogP contribution in [-0.2, 0) is 9.53 Å². The van der Waals surface area contributed by atoms with Crippen LogP contribution in [0.15, 0.2) is 23.8 Å². The summed E-state index contributed by atoms with van der Waals surface area (Å²) in [7, 11) is 0. The van der Waals surface area contributed by atoms with Gasteiger partial charge in [-0.15, -0.1) is 0 Å². The largest absolute Gasteiger partial charge is 0.392 e. The molecule has 1 aliphatic heterocycles. The average Bonchev–Trinajstić information content (AvgIpc) is 3.27. The quantitative estimate of drug-likeness (QED) is 0.378. The Hall–Kier alpha value is -1.17. The molecule has 1 saturated carbocycles. The zero-order chi connectivity index (χ0) is 22.3. The number of aliphatic hydroxyl groups excluding tert-OH is 1. The molecule has 5 nitrogen and oxygen atoms in total. The lowest BCUT2D eigenvalue weighted by atomic mass is 9.87. The van der Waals surface area contributed by atoms with E-state index in [2.05, 4.69) is 25.2 Å². The molecule has 2 aliphatic carbocycles. The van der Waals surface area contributed by atoms with Gasteiger partial charge in [0.15, 0.2) is 0 Å². The highest BCUT2D eigenvalue weighted by molar-refractivity contribution is 5.76. The summed E-state index contributed by atoms with van der Waals surface area (Å²) >= 11 is 0. The molecule has 1 amide bonds. The Morgan fingerprint density at radius 1 is 1.29 bits per heavy atom. The van der Waals surface area contributed by atoms with Crippen molar-refractivity contribution >= 4 is 5.91 Å². The minimum atomic E-state index is -0.646. The summed E-state index contributed by atoms with van der Waals surface area (Å²) in [6, 6.07) is 0. The first-order valence-electron chi connectivity index (χ1n) is 12.5. The maximum atomic E-state index is 12.3. The second-order valence-corrected chi connectivity index (χ2v) is 10.2. The van der Waals surface area contributed by atoms with Crippen molar-refractivity contribution in [2.75, 3.05) is 26.3 Å². The van der Waals surface area contributed by atoms with E-state index in [1.54, 1.807) is 0 Å². The number of carbonyl (C=O) groups is 1. The van der Waals surface area contributed by atoms with Gasteiger partial charge in [-0.05, 0) is 63.7 Å². The molecule has 3 aliphatic rings. The van der Waals surface area contributed by atoms with Crippen molar-refractivity contribution in [3.05, 3.63) is 23.8 Å². The molecule has 0 radical (unpaired) electrons. The number of unbranched alkanes of at least 4 members (excludes halogenated alkanes) is 2. The van der Waals surface area contributed by atoms with E-state index in [9.17, 15) is 15.0 Å². The Bertz CT molecular complexity index is 635. The molecule has 1 saturated heterocycles. The molecule has 0 bridgehead atoms. The van der Waals surface area contributed by atoms with E-state index in [0.717, 1.165) is 64.5 Å². The lowest BCUT2D eigenvalue weighted by Crippen LogP contribution is -2.40. The van der Waals surface area contributed by atoms with E-state index in [4.69, 9.17) is 4.74 Å². The number of hydrogen-bond acceptors (Lipinski definition) is 4. The van der Waals surface area contributed by atoms with Crippen LogP contribution in [0.5, 0.6) is 0 Å². The molecule has 0 aromatic rings. The van der Waals surface area contributed by atoms with Gasteiger partial charge >= 0.3 is 0 Å². The number of nitrogens with zero attached hydrogens (tertiary/aromatic N) is 1. The number of amides is 1. The minimum absolute atomic E-state index is 0.198. The smallest absolute Gasteiger partial charge is 0.222 e. The summed E-state index contributed by atoms with van der Waals surface area (Å²) in [5, 5.41) is 21.1. The summed E-state index contributed by atoms with van der Waals surface area (Å²) in [6.07, 6.45) is 15.7. The topological polar surface area (TPSA) is 70.0 Å². The summed E-state index contributed by atoms with van der Waals surface area (Å²) in [5.41, 5.74) is 0.863. The van der Waals surface area contributed by atoms with Gasteiger partial charge in [-0.1, -0.05) is 43.6 Å². The van der Waals surface area contributed by atoms with Gasteiger partial charge in [0.2, 0.25) is 5.91 Å². The maximum Gasteiger partial charge on any atom is 0.222 e. The van der Waals surface area contributed by atoms with E-state index in [1.807, 2.05) is 11.8 Å². The van der Waals surface area contributed by atoms with Crippen LogP contribution in [0, 0.1) is 17.8 Å². The Balaban J connectivity index is 1.39. The number of carbonyl (C=O) groups excluding carboxylic acids is 1. The molecule has 5 atom stereocenters. The van der Waals surface area contributed by atoms with Crippen LogP contribution in [0.2, 0.25) is 0 Å². The van der Waals surface area contributed by atoms with E-state index in [-0.39, 0.29) is 17.9 Å². The third-order valence-electron chi connectivity index (χ3n) is 7.44. The van der Waals surface area contributed by atoms with Crippen molar-refractivity contribution in [3.8, 4) is 0 Å². The first-order chi connectivity index (χ1) is 14.9. The average molecular weight is 434 g/mol. The van der Waals surface area contributed by atoms with Crippen LogP contribution in [0.25, 0.3) is 0 Å². The van der Waals surface area contributed by atoms with Gasteiger partial charge in [0.1, 0.15) is 0 Å². The molecule has 176 valence electrons. The summed E-state index contributed by atoms with van der Waals surface area (Å²) in [6.45, 7) is 6.86. The number of ether oxygens (including phenoxy) is 1. The monoisotopic (exact) mass is 433 g/mol. The number of rotatable bonds is 11. The normalized spacial score (nSPS) is 30.5. The number of fused-ring (bicyclic) bond motifs is 1. The minimum Gasteiger partial charge on any atom is -0.392 e. The van der Waals surface area contributed by atoms with Crippen molar-refractivity contribution in [3.63, 3.8) is 0 Å². The Kier molecular flexibility index (Phi) is 9.18. The Morgan fingerprint density at radius 2 is 2.06 bits per heavy atom. The van der Waals surface area contributed by atoms with Crippen LogP contribution in [0.1, 0.15) is 78.1 Å². The van der Waals surface area contributed by atoms with Crippen molar-refractivity contribution in [2.24, 2.45) is 17.8 Å². The third-order valence-corrected chi connectivity index (χ3v) is 7.44. The second kappa shape index (κ2) is 11.6. The van der Waals surface area contributed by atoms with Gasteiger partial charge in [0.05, 0.1) is 24.9 Å². The predicted molar refractivity (Wildman–Crippen MR) is 124 cm³/mol. The Morgan fingerprint density at radius 3 is 2.81 bits per heavy atom. The fraction of sp³-hybridized carbons (Fsp3) is 0.808. The SMILES string of the molecule is CCCC[C@](C)(O)C/C=C/[C@@H]1[C@H]2CC(CCCCC(=O)N3CCOCC3)=C[C@H]2C[C@H]1O. The summed E-state index contributed by atoms with van der Waals surface area (Å²) in [4.78, 5) is 14.2. The molecular weight excluding hydrogens is 390 g/mol. The molecule has 2 fully saturated rings. The van der Waals surface area contributed by atoms with E-state index >= 15 is 0 Å². The van der Waals surface area contributed by atoms with Crippen LogP contribution in [0.4, 0.5) is 0 Å². The lowest BCUT2D eigenvalue weighted by molar-refractivity contribution is -0.135. The molecule has 31 heavy (non-hydrogen) atoms. The summed E-state index contributed by atoms with van der Waals surface area (Å²) in [5.74, 6) is 1.44. The molecule has 5 heteroatoms. The highest BCUT2D eigenvalue weighted by Gasteiger charge is 2.43. The van der Waals surface area contributed by atoms with Gasteiger partial charge in [0.25, 0.3) is 0 Å². The first kappa shape index (κ1) is 24.5. The van der Waals surface area contributed by atoms with E-state index in [0.29, 0.717) is 37.9 Å². The molecule has 3 rings (SSSR count). The molecule has 0 spiro atoms. The van der Waals surface area contributed by atoms with Crippen LogP contribution < -0.4 is 0 Å². The van der Waals surface area contributed by atoms with Crippen LogP contribution in [-0.4, -0.2) is 59.0 Å². The van der Waals surface area contributed by atoms with Crippen LogP contribution >= 0.6 is 0 Å².